The largest absolute Gasteiger partial charge is 0.350 e. The van der Waals surface area contributed by atoms with Crippen molar-refractivity contribution < 1.29 is 18.0 Å². The summed E-state index contributed by atoms with van der Waals surface area (Å²) in [5.74, 6) is -0.520. The predicted molar refractivity (Wildman–Crippen MR) is 171 cm³/mol. The number of nitrogens with one attached hydrogen (secondary N) is 1. The predicted octanol–water partition coefficient (Wildman–Crippen LogP) is 6.06. The van der Waals surface area contributed by atoms with Crippen LogP contribution in [0.15, 0.2) is 72.8 Å². The Hall–Kier alpha value is -3.36. The minimum Gasteiger partial charge on any atom is -0.350 e. The number of rotatable bonds is 12. The average molecular weight is 612 g/mol. The molecule has 9 heteroatoms. The number of amides is 2. The van der Waals surface area contributed by atoms with Crippen molar-refractivity contribution in [3.63, 3.8) is 0 Å². The van der Waals surface area contributed by atoms with E-state index in [4.69, 9.17) is 11.6 Å². The highest BCUT2D eigenvalue weighted by Gasteiger charge is 2.32. The molecule has 0 bridgehead atoms. The van der Waals surface area contributed by atoms with E-state index in [2.05, 4.69) is 5.32 Å². The Labute approximate surface area is 255 Å². The minimum absolute atomic E-state index is 0.0510. The molecule has 1 atom stereocenters. The average Bonchev–Trinajstić information content (AvgIpc) is 2.90. The summed E-state index contributed by atoms with van der Waals surface area (Å²) in [6.45, 7) is 9.87. The Bertz CT molecular complexity index is 1490. The zero-order valence-electron chi connectivity index (χ0n) is 25.4. The molecule has 0 radical (unpaired) electrons. The van der Waals surface area contributed by atoms with Gasteiger partial charge in [0.25, 0.3) is 0 Å². The number of halogens is 1. The van der Waals surface area contributed by atoms with E-state index in [9.17, 15) is 18.0 Å². The molecule has 3 aromatic rings. The molecule has 0 saturated heterocycles. The van der Waals surface area contributed by atoms with Crippen LogP contribution >= 0.6 is 11.6 Å². The van der Waals surface area contributed by atoms with E-state index in [0.717, 1.165) is 22.3 Å². The number of sulfonamides is 1. The highest BCUT2D eigenvalue weighted by molar-refractivity contribution is 7.92. The van der Waals surface area contributed by atoms with Crippen LogP contribution in [0.3, 0.4) is 0 Å². The first-order chi connectivity index (χ1) is 19.7. The first-order valence-electron chi connectivity index (χ1n) is 14.1. The minimum atomic E-state index is -3.58. The van der Waals surface area contributed by atoms with Gasteiger partial charge in [0.2, 0.25) is 21.8 Å². The van der Waals surface area contributed by atoms with Gasteiger partial charge >= 0.3 is 0 Å². The van der Waals surface area contributed by atoms with Crippen molar-refractivity contribution in [3.8, 4) is 0 Å². The number of benzene rings is 3. The van der Waals surface area contributed by atoms with Gasteiger partial charge in [-0.2, -0.15) is 0 Å². The number of nitrogens with zero attached hydrogens (tertiary/aromatic N) is 2. The van der Waals surface area contributed by atoms with Gasteiger partial charge in [0.05, 0.1) is 11.9 Å². The van der Waals surface area contributed by atoms with Crippen molar-refractivity contribution >= 4 is 39.1 Å². The van der Waals surface area contributed by atoms with Gasteiger partial charge in [0.1, 0.15) is 6.04 Å². The van der Waals surface area contributed by atoms with Crippen molar-refractivity contribution in [2.75, 3.05) is 17.1 Å². The van der Waals surface area contributed by atoms with Crippen LogP contribution in [0.2, 0.25) is 5.02 Å². The summed E-state index contributed by atoms with van der Waals surface area (Å²) in [7, 11) is -3.58. The standard InChI is InChI=1S/C33H42ClN3O4S/c1-24-18-19-28(21-25(24)2)37(42(6,40)41)20-12-17-31(38)36(23-27-15-10-11-16-29(27)34)30(32(39)35-33(3,4)5)22-26-13-8-7-9-14-26/h7-11,13-16,18-19,21,30H,12,17,20,22-23H2,1-6H3,(H,35,39)/t30-/m1/s1. The van der Waals surface area contributed by atoms with Crippen molar-refractivity contribution in [1.82, 2.24) is 10.2 Å². The summed E-state index contributed by atoms with van der Waals surface area (Å²) in [5.41, 5.74) is 3.75. The van der Waals surface area contributed by atoms with Crippen LogP contribution in [0.1, 0.15) is 55.9 Å². The normalized spacial score (nSPS) is 12.5. The third-order valence-electron chi connectivity index (χ3n) is 7.00. The van der Waals surface area contributed by atoms with Crippen LogP contribution in [0.25, 0.3) is 0 Å². The van der Waals surface area contributed by atoms with Crippen LogP contribution in [0.5, 0.6) is 0 Å². The Balaban J connectivity index is 1.92. The Morgan fingerprint density at radius 1 is 0.929 bits per heavy atom. The van der Waals surface area contributed by atoms with Crippen LogP contribution < -0.4 is 9.62 Å². The Morgan fingerprint density at radius 3 is 2.17 bits per heavy atom. The smallest absolute Gasteiger partial charge is 0.243 e. The molecule has 0 spiro atoms. The van der Waals surface area contributed by atoms with Gasteiger partial charge in [-0.15, -0.1) is 0 Å². The highest BCUT2D eigenvalue weighted by Crippen LogP contribution is 2.24. The maximum Gasteiger partial charge on any atom is 0.243 e. The van der Waals surface area contributed by atoms with E-state index in [0.29, 0.717) is 17.1 Å². The second-order valence-corrected chi connectivity index (χ2v) is 14.1. The van der Waals surface area contributed by atoms with Gasteiger partial charge in [-0.1, -0.05) is 66.2 Å². The number of carbonyl (C=O) groups is 2. The Kier molecular flexibility index (Phi) is 11.2. The van der Waals surface area contributed by atoms with E-state index in [1.165, 1.54) is 10.6 Å². The van der Waals surface area contributed by atoms with Crippen molar-refractivity contribution in [1.29, 1.82) is 0 Å². The SMILES string of the molecule is Cc1ccc(N(CCCC(=O)N(Cc2ccccc2Cl)[C@H](Cc2ccccc2)C(=O)NC(C)(C)C)S(C)(=O)=O)cc1C. The van der Waals surface area contributed by atoms with Crippen LogP contribution in [0.4, 0.5) is 5.69 Å². The molecule has 2 amide bonds. The summed E-state index contributed by atoms with van der Waals surface area (Å²) >= 11 is 6.50. The van der Waals surface area contributed by atoms with Gasteiger partial charge in [-0.05, 0) is 81.5 Å². The van der Waals surface area contributed by atoms with Crippen LogP contribution in [0, 0.1) is 13.8 Å². The summed E-state index contributed by atoms with van der Waals surface area (Å²) in [6, 6.07) is 21.6. The molecule has 1 N–H and O–H groups in total. The quantitative estimate of drug-likeness (QED) is 0.270. The molecule has 0 aliphatic carbocycles. The van der Waals surface area contributed by atoms with Gasteiger partial charge in [-0.3, -0.25) is 13.9 Å². The lowest BCUT2D eigenvalue weighted by atomic mass is 10.00. The summed E-state index contributed by atoms with van der Waals surface area (Å²) in [4.78, 5) is 29.3. The van der Waals surface area contributed by atoms with E-state index < -0.39 is 21.6 Å². The fraction of sp³-hybridized carbons (Fsp3) is 0.394. The lowest BCUT2D eigenvalue weighted by Gasteiger charge is -2.34. The van der Waals surface area contributed by atoms with Gasteiger partial charge in [0.15, 0.2) is 0 Å². The van der Waals surface area contributed by atoms with Crippen molar-refractivity contribution in [3.05, 3.63) is 100 Å². The molecule has 7 nitrogen and oxygen atoms in total. The van der Waals surface area contributed by atoms with E-state index in [1.807, 2.05) is 95.3 Å². The third kappa shape index (κ3) is 9.60. The monoisotopic (exact) mass is 611 g/mol. The topological polar surface area (TPSA) is 86.8 Å². The molecule has 0 fully saturated rings. The molecule has 0 aromatic heterocycles. The van der Waals surface area contributed by atoms with Crippen molar-refractivity contribution in [2.24, 2.45) is 0 Å². The van der Waals surface area contributed by atoms with E-state index >= 15 is 0 Å². The summed E-state index contributed by atoms with van der Waals surface area (Å²) in [5, 5.41) is 3.55. The first kappa shape index (κ1) is 33.1. The summed E-state index contributed by atoms with van der Waals surface area (Å²) < 4.78 is 26.8. The van der Waals surface area contributed by atoms with Crippen molar-refractivity contribution in [2.45, 2.75) is 72.0 Å². The van der Waals surface area contributed by atoms with Crippen LogP contribution in [-0.2, 0) is 32.6 Å². The zero-order valence-corrected chi connectivity index (χ0v) is 26.9. The maximum atomic E-state index is 14.0. The fourth-order valence-electron chi connectivity index (χ4n) is 4.70. The highest BCUT2D eigenvalue weighted by atomic mass is 35.5. The molecule has 3 rings (SSSR count). The lowest BCUT2D eigenvalue weighted by molar-refractivity contribution is -0.142. The van der Waals surface area contributed by atoms with Gasteiger partial charge < -0.3 is 10.2 Å². The molecule has 0 aliphatic heterocycles. The second kappa shape index (κ2) is 14.2. The molecule has 0 unspecified atom stereocenters. The molecule has 0 heterocycles. The van der Waals surface area contributed by atoms with E-state index in [-0.39, 0.29) is 37.7 Å². The number of anilines is 1. The number of aryl methyl sites for hydroxylation is 2. The molecule has 226 valence electrons. The van der Waals surface area contributed by atoms with Gasteiger partial charge in [-0.25, -0.2) is 8.42 Å². The number of hydrogen-bond donors (Lipinski definition) is 1. The molecular formula is C33H42ClN3O4S. The fourth-order valence-corrected chi connectivity index (χ4v) is 5.85. The molecule has 0 saturated carbocycles. The van der Waals surface area contributed by atoms with Crippen LogP contribution in [-0.4, -0.2) is 49.5 Å². The second-order valence-electron chi connectivity index (χ2n) is 11.8. The number of hydrogen-bond acceptors (Lipinski definition) is 4. The number of carbonyl (C=O) groups excluding carboxylic acids is 2. The molecule has 0 aliphatic rings. The first-order valence-corrected chi connectivity index (χ1v) is 16.3. The maximum absolute atomic E-state index is 14.0. The molecule has 42 heavy (non-hydrogen) atoms. The zero-order chi connectivity index (χ0) is 31.1. The summed E-state index contributed by atoms with van der Waals surface area (Å²) in [6.07, 6.45) is 1.81. The Morgan fingerprint density at radius 2 is 1.57 bits per heavy atom. The van der Waals surface area contributed by atoms with E-state index in [1.54, 1.807) is 17.0 Å². The van der Waals surface area contributed by atoms with Gasteiger partial charge in [0, 0.05) is 36.5 Å². The third-order valence-corrected chi connectivity index (χ3v) is 8.56. The lowest BCUT2D eigenvalue weighted by Crippen LogP contribution is -2.54. The molecular weight excluding hydrogens is 570 g/mol. The molecule has 3 aromatic carbocycles.